The van der Waals surface area contributed by atoms with E-state index in [1.165, 1.54) is 26.6 Å². The van der Waals surface area contributed by atoms with E-state index in [1.54, 1.807) is 38.1 Å². The summed E-state index contributed by atoms with van der Waals surface area (Å²) in [5, 5.41) is 0. The number of ether oxygens (including phenoxy) is 4. The summed E-state index contributed by atoms with van der Waals surface area (Å²) in [4.78, 5) is 23.8. The minimum absolute atomic E-state index is 0.213. The lowest BCUT2D eigenvalue weighted by Gasteiger charge is -2.14. The SMILES string of the molecule is CCOC(=O)C=C(OCC)c1ccccc1/C(=C\OC)C(=O)OC. The van der Waals surface area contributed by atoms with Crippen molar-refractivity contribution in [2.75, 3.05) is 27.4 Å². The predicted molar refractivity (Wildman–Crippen MR) is 89.7 cm³/mol. The number of rotatable bonds is 8. The smallest absolute Gasteiger partial charge is 0.341 e. The summed E-state index contributed by atoms with van der Waals surface area (Å²) in [6.07, 6.45) is 2.55. The quantitative estimate of drug-likeness (QED) is 0.413. The molecule has 130 valence electrons. The van der Waals surface area contributed by atoms with E-state index in [0.717, 1.165) is 0 Å². The zero-order valence-corrected chi connectivity index (χ0v) is 14.3. The fourth-order valence-electron chi connectivity index (χ4n) is 2.03. The molecular weight excluding hydrogens is 312 g/mol. The number of benzene rings is 1. The van der Waals surface area contributed by atoms with Crippen molar-refractivity contribution < 1.29 is 28.5 Å². The van der Waals surface area contributed by atoms with Gasteiger partial charge in [0.05, 0.1) is 39.8 Å². The number of methoxy groups -OCH3 is 2. The van der Waals surface area contributed by atoms with Crippen molar-refractivity contribution in [2.24, 2.45) is 0 Å². The van der Waals surface area contributed by atoms with Crippen molar-refractivity contribution in [1.82, 2.24) is 0 Å². The molecule has 0 aliphatic heterocycles. The Bertz CT molecular complexity index is 630. The number of carbonyl (C=O) groups is 2. The van der Waals surface area contributed by atoms with Crippen LogP contribution in [0.25, 0.3) is 11.3 Å². The van der Waals surface area contributed by atoms with Crippen LogP contribution in [0.4, 0.5) is 0 Å². The lowest BCUT2D eigenvalue weighted by atomic mass is 9.99. The topological polar surface area (TPSA) is 71.1 Å². The zero-order valence-electron chi connectivity index (χ0n) is 14.3. The second kappa shape index (κ2) is 10.1. The van der Waals surface area contributed by atoms with E-state index < -0.39 is 11.9 Å². The summed E-state index contributed by atoms with van der Waals surface area (Å²) >= 11 is 0. The van der Waals surface area contributed by atoms with E-state index in [1.807, 2.05) is 0 Å². The Labute approximate surface area is 141 Å². The number of hydrogen-bond donors (Lipinski definition) is 0. The van der Waals surface area contributed by atoms with Crippen molar-refractivity contribution in [3.8, 4) is 0 Å². The highest BCUT2D eigenvalue weighted by atomic mass is 16.5. The summed E-state index contributed by atoms with van der Waals surface area (Å²) in [6, 6.07) is 7.00. The molecule has 0 spiro atoms. The highest BCUT2D eigenvalue weighted by molar-refractivity contribution is 6.17. The molecule has 0 aliphatic carbocycles. The number of hydrogen-bond acceptors (Lipinski definition) is 6. The van der Waals surface area contributed by atoms with Crippen molar-refractivity contribution in [1.29, 1.82) is 0 Å². The van der Waals surface area contributed by atoms with E-state index in [4.69, 9.17) is 18.9 Å². The van der Waals surface area contributed by atoms with Crippen molar-refractivity contribution in [3.63, 3.8) is 0 Å². The van der Waals surface area contributed by atoms with Gasteiger partial charge >= 0.3 is 11.9 Å². The maximum Gasteiger partial charge on any atom is 0.341 e. The Hall–Kier alpha value is -2.76. The van der Waals surface area contributed by atoms with Crippen LogP contribution in [0.5, 0.6) is 0 Å². The molecule has 24 heavy (non-hydrogen) atoms. The monoisotopic (exact) mass is 334 g/mol. The minimum atomic E-state index is -0.559. The van der Waals surface area contributed by atoms with Crippen LogP contribution in [0.15, 0.2) is 36.6 Å². The number of esters is 2. The van der Waals surface area contributed by atoms with Gasteiger partial charge in [-0.3, -0.25) is 0 Å². The molecule has 0 fully saturated rings. The summed E-state index contributed by atoms with van der Waals surface area (Å²) in [5.74, 6) is -0.778. The molecule has 0 bridgehead atoms. The van der Waals surface area contributed by atoms with E-state index in [-0.39, 0.29) is 12.2 Å². The molecule has 6 heteroatoms. The molecule has 0 saturated heterocycles. The fraction of sp³-hybridized carbons (Fsp3) is 0.333. The van der Waals surface area contributed by atoms with E-state index in [2.05, 4.69) is 0 Å². The molecule has 1 aromatic carbocycles. The first-order chi connectivity index (χ1) is 11.6. The maximum atomic E-state index is 12.0. The van der Waals surface area contributed by atoms with Crippen LogP contribution < -0.4 is 0 Å². The normalized spacial score (nSPS) is 11.7. The van der Waals surface area contributed by atoms with Crippen LogP contribution in [0.2, 0.25) is 0 Å². The van der Waals surface area contributed by atoms with E-state index in [9.17, 15) is 9.59 Å². The first-order valence-corrected chi connectivity index (χ1v) is 7.51. The molecule has 0 amide bonds. The van der Waals surface area contributed by atoms with Gasteiger partial charge in [-0.1, -0.05) is 24.3 Å². The third kappa shape index (κ3) is 5.15. The highest BCUT2D eigenvalue weighted by Crippen LogP contribution is 2.27. The lowest BCUT2D eigenvalue weighted by molar-refractivity contribution is -0.137. The third-order valence-electron chi connectivity index (χ3n) is 2.96. The zero-order chi connectivity index (χ0) is 17.9. The Balaban J connectivity index is 3.43. The van der Waals surface area contributed by atoms with Crippen molar-refractivity contribution in [2.45, 2.75) is 13.8 Å². The molecule has 0 radical (unpaired) electrons. The minimum Gasteiger partial charge on any atom is -0.503 e. The second-order valence-electron chi connectivity index (χ2n) is 4.50. The third-order valence-corrected chi connectivity index (χ3v) is 2.96. The predicted octanol–water partition coefficient (Wildman–Crippen LogP) is 2.79. The molecular formula is C18H22O6. The van der Waals surface area contributed by atoms with Gasteiger partial charge in [0.25, 0.3) is 0 Å². The molecule has 1 aromatic rings. The van der Waals surface area contributed by atoms with Gasteiger partial charge in [-0.25, -0.2) is 9.59 Å². The lowest BCUT2D eigenvalue weighted by Crippen LogP contribution is -2.08. The Morgan fingerprint density at radius 1 is 1.00 bits per heavy atom. The van der Waals surface area contributed by atoms with Crippen LogP contribution in [-0.2, 0) is 28.5 Å². The van der Waals surface area contributed by atoms with Gasteiger partial charge in [0, 0.05) is 11.1 Å². The van der Waals surface area contributed by atoms with Gasteiger partial charge in [-0.15, -0.1) is 0 Å². The average molecular weight is 334 g/mol. The molecule has 0 aliphatic rings. The van der Waals surface area contributed by atoms with Crippen molar-refractivity contribution >= 4 is 23.3 Å². The molecule has 0 unspecified atom stereocenters. The Morgan fingerprint density at radius 3 is 2.17 bits per heavy atom. The summed E-state index contributed by atoms with van der Waals surface area (Å²) in [7, 11) is 2.72. The van der Waals surface area contributed by atoms with Gasteiger partial charge in [0.15, 0.2) is 0 Å². The van der Waals surface area contributed by atoms with Crippen molar-refractivity contribution in [3.05, 3.63) is 47.7 Å². The second-order valence-corrected chi connectivity index (χ2v) is 4.50. The van der Waals surface area contributed by atoms with Gasteiger partial charge < -0.3 is 18.9 Å². The first-order valence-electron chi connectivity index (χ1n) is 7.51. The Morgan fingerprint density at radius 2 is 1.62 bits per heavy atom. The summed E-state index contributed by atoms with van der Waals surface area (Å²) in [6.45, 7) is 4.12. The molecule has 0 aromatic heterocycles. The molecule has 0 saturated carbocycles. The standard InChI is InChI=1S/C18H22O6/c1-5-23-16(11-17(19)24-6-2)14-10-8-7-9-13(14)15(12-21-3)18(20)22-4/h7-12H,5-6H2,1-4H3/b15-12+,16-11?. The fourth-order valence-corrected chi connectivity index (χ4v) is 2.03. The molecule has 0 N–H and O–H groups in total. The molecule has 0 atom stereocenters. The van der Waals surface area contributed by atoms with E-state index in [0.29, 0.717) is 23.5 Å². The largest absolute Gasteiger partial charge is 0.503 e. The highest BCUT2D eigenvalue weighted by Gasteiger charge is 2.20. The first kappa shape index (κ1) is 19.3. The van der Waals surface area contributed by atoms with E-state index >= 15 is 0 Å². The Kier molecular flexibility index (Phi) is 8.11. The van der Waals surface area contributed by atoms with Crippen LogP contribution >= 0.6 is 0 Å². The van der Waals surface area contributed by atoms with Gasteiger partial charge in [-0.05, 0) is 13.8 Å². The van der Waals surface area contributed by atoms with Gasteiger partial charge in [0.2, 0.25) is 0 Å². The van der Waals surface area contributed by atoms with Gasteiger partial charge in [-0.2, -0.15) is 0 Å². The van der Waals surface area contributed by atoms with Crippen LogP contribution in [0.1, 0.15) is 25.0 Å². The van der Waals surface area contributed by atoms with Crippen LogP contribution in [-0.4, -0.2) is 39.4 Å². The molecule has 6 nitrogen and oxygen atoms in total. The van der Waals surface area contributed by atoms with Crippen LogP contribution in [0.3, 0.4) is 0 Å². The average Bonchev–Trinajstić information content (AvgIpc) is 2.59. The number of carbonyl (C=O) groups excluding carboxylic acids is 2. The summed E-state index contributed by atoms with van der Waals surface area (Å²) in [5.41, 5.74) is 1.29. The molecule has 1 rings (SSSR count). The molecule has 0 heterocycles. The summed E-state index contributed by atoms with van der Waals surface area (Å²) < 4.78 is 20.3. The van der Waals surface area contributed by atoms with Crippen LogP contribution in [0, 0.1) is 0 Å². The van der Waals surface area contributed by atoms with Gasteiger partial charge in [0.1, 0.15) is 11.3 Å². The maximum absolute atomic E-state index is 12.0.